The molecule has 0 aromatic carbocycles. The van der Waals surface area contributed by atoms with Crippen molar-refractivity contribution in [3.63, 3.8) is 0 Å². The van der Waals surface area contributed by atoms with Crippen molar-refractivity contribution in [1.82, 2.24) is 4.90 Å². The summed E-state index contributed by atoms with van der Waals surface area (Å²) in [5.74, 6) is 0.479. The van der Waals surface area contributed by atoms with Crippen molar-refractivity contribution >= 4 is 6.98 Å². The molecule has 0 N–H and O–H groups in total. The minimum atomic E-state index is -4.63. The van der Waals surface area contributed by atoms with Gasteiger partial charge in [0.05, 0.1) is 0 Å². The molecule has 0 amide bonds. The molecule has 0 saturated carbocycles. The smallest absolute Gasteiger partial charge is 0.448 e. The number of likely N-dealkylation sites (tertiary alicyclic amines) is 1. The molecule has 1 unspecified atom stereocenters. The first-order valence-electron chi connectivity index (χ1n) is 4.94. The fraction of sp³-hybridized carbons (Fsp3) is 1.00. The summed E-state index contributed by atoms with van der Waals surface area (Å²) in [6, 6.07) is 0. The average molecular weight is 194 g/mol. The van der Waals surface area contributed by atoms with E-state index < -0.39 is 13.4 Å². The molecule has 0 aromatic rings. The van der Waals surface area contributed by atoms with Crippen molar-refractivity contribution in [1.29, 1.82) is 0 Å². The maximum absolute atomic E-state index is 12.1. The molecule has 0 spiro atoms. The third-order valence-corrected chi connectivity index (χ3v) is 2.65. The van der Waals surface area contributed by atoms with Crippen LogP contribution in [0.1, 0.15) is 26.2 Å². The molecule has 0 radical (unpaired) electrons. The number of hydrogen-bond acceptors (Lipinski definition) is 1. The van der Waals surface area contributed by atoms with Crippen LogP contribution in [0.3, 0.4) is 0 Å². The predicted octanol–water partition coefficient (Wildman–Crippen LogP) is 2.50. The maximum Gasteiger partial charge on any atom is 0.492 e. The summed E-state index contributed by atoms with van der Waals surface area (Å²) in [6.45, 7) is -1.32. The molecule has 1 rings (SSSR count). The molecule has 1 fully saturated rings. The summed E-state index contributed by atoms with van der Waals surface area (Å²) in [4.78, 5) is 1.55. The molecule has 78 valence electrons. The molecule has 1 atom stereocenters. The number of piperidine rings is 1. The van der Waals surface area contributed by atoms with E-state index in [4.69, 9.17) is 0 Å². The van der Waals surface area contributed by atoms with Crippen LogP contribution >= 0.6 is 0 Å². The third-order valence-electron chi connectivity index (χ3n) is 2.65. The molecule has 1 saturated heterocycles. The van der Waals surface area contributed by atoms with Gasteiger partial charge in [-0.15, -0.1) is 0 Å². The first-order chi connectivity index (χ1) is 6.01. The van der Waals surface area contributed by atoms with Gasteiger partial charge in [-0.25, -0.2) is 0 Å². The molecular weight excluding hydrogens is 178 g/mol. The van der Waals surface area contributed by atoms with Gasteiger partial charge in [-0.3, -0.25) is 0 Å². The normalized spacial score (nSPS) is 26.3. The summed E-state index contributed by atoms with van der Waals surface area (Å²) in [5, 5.41) is 0. The Morgan fingerprint density at radius 3 is 2.62 bits per heavy atom. The zero-order chi connectivity index (χ0) is 9.90. The van der Waals surface area contributed by atoms with Crippen LogP contribution in [0.4, 0.5) is 12.9 Å². The minimum absolute atomic E-state index is 0.479. The summed E-state index contributed by atoms with van der Waals surface area (Å²) < 4.78 is 36.3. The summed E-state index contributed by atoms with van der Waals surface area (Å²) in [7, 11) is 0. The second-order valence-electron chi connectivity index (χ2n) is 3.89. The van der Waals surface area contributed by atoms with Crippen LogP contribution in [-0.4, -0.2) is 31.4 Å². The van der Waals surface area contributed by atoms with Gasteiger partial charge in [0.25, 0.3) is 0 Å². The lowest BCUT2D eigenvalue weighted by Gasteiger charge is -2.35. The van der Waals surface area contributed by atoms with E-state index >= 15 is 0 Å². The van der Waals surface area contributed by atoms with Crippen molar-refractivity contribution in [3.8, 4) is 0 Å². The lowest BCUT2D eigenvalue weighted by Crippen LogP contribution is -2.43. The molecule has 1 nitrogen and oxygen atoms in total. The maximum atomic E-state index is 12.1. The van der Waals surface area contributed by atoms with Crippen LogP contribution in [0.15, 0.2) is 0 Å². The number of nitrogens with zero attached hydrogens (tertiary/aromatic N) is 1. The predicted molar refractivity (Wildman–Crippen MR) is 48.5 cm³/mol. The van der Waals surface area contributed by atoms with Crippen molar-refractivity contribution in [2.75, 3.05) is 19.5 Å². The average Bonchev–Trinajstić information content (AvgIpc) is 2.01. The van der Waals surface area contributed by atoms with Crippen LogP contribution in [0.2, 0.25) is 0 Å². The van der Waals surface area contributed by atoms with Gasteiger partial charge < -0.3 is 17.8 Å². The molecule has 0 aliphatic carbocycles. The van der Waals surface area contributed by atoms with Crippen molar-refractivity contribution in [2.45, 2.75) is 26.2 Å². The fourth-order valence-electron chi connectivity index (χ4n) is 1.94. The van der Waals surface area contributed by atoms with E-state index in [0.29, 0.717) is 19.0 Å². The Morgan fingerprint density at radius 1 is 1.38 bits per heavy atom. The quantitative estimate of drug-likeness (QED) is 0.624. The minimum Gasteiger partial charge on any atom is -0.448 e. The van der Waals surface area contributed by atoms with E-state index in [1.165, 1.54) is 0 Å². The van der Waals surface area contributed by atoms with Crippen LogP contribution in [0.5, 0.6) is 0 Å². The van der Waals surface area contributed by atoms with Crippen molar-refractivity contribution < 1.29 is 12.9 Å². The molecular formula is C8H16BF3N-. The molecule has 1 aliphatic heterocycles. The largest absolute Gasteiger partial charge is 0.492 e. The van der Waals surface area contributed by atoms with Gasteiger partial charge in [0.1, 0.15) is 0 Å². The van der Waals surface area contributed by atoms with Gasteiger partial charge in [0, 0.05) is 0 Å². The van der Waals surface area contributed by atoms with E-state index in [2.05, 4.69) is 0 Å². The van der Waals surface area contributed by atoms with Gasteiger partial charge in [-0.1, -0.05) is 13.3 Å². The summed E-state index contributed by atoms with van der Waals surface area (Å²) in [6.07, 6.45) is 2.35. The Morgan fingerprint density at radius 2 is 2.08 bits per heavy atom. The monoisotopic (exact) mass is 194 g/mol. The first kappa shape index (κ1) is 10.9. The van der Waals surface area contributed by atoms with E-state index in [1.807, 2.05) is 6.92 Å². The van der Waals surface area contributed by atoms with Crippen LogP contribution in [-0.2, 0) is 0 Å². The zero-order valence-electron chi connectivity index (χ0n) is 7.98. The highest BCUT2D eigenvalue weighted by atomic mass is 19.4. The second-order valence-corrected chi connectivity index (χ2v) is 3.89. The number of halogens is 3. The highest BCUT2D eigenvalue weighted by Crippen LogP contribution is 2.21. The van der Waals surface area contributed by atoms with Gasteiger partial charge in [-0.2, -0.15) is 0 Å². The standard InChI is InChI=1S/C8H16BF3N/c1-2-8-4-3-5-13(6-8)7-9(10,11)12/h8H,2-7H2,1H3/q-1. The van der Waals surface area contributed by atoms with Gasteiger partial charge in [0.2, 0.25) is 0 Å². The highest BCUT2D eigenvalue weighted by Gasteiger charge is 2.28. The van der Waals surface area contributed by atoms with Crippen LogP contribution in [0, 0.1) is 5.92 Å². The van der Waals surface area contributed by atoms with Crippen molar-refractivity contribution in [2.24, 2.45) is 5.92 Å². The van der Waals surface area contributed by atoms with Crippen LogP contribution in [0.25, 0.3) is 0 Å². The summed E-state index contributed by atoms with van der Waals surface area (Å²) >= 11 is 0. The molecule has 1 aliphatic rings. The Balaban J connectivity index is 2.34. The summed E-state index contributed by atoms with van der Waals surface area (Å²) in [5.41, 5.74) is 0. The van der Waals surface area contributed by atoms with Crippen LogP contribution < -0.4 is 0 Å². The SMILES string of the molecule is CCC1CCCN(C[B-](F)(F)F)C1. The Labute approximate surface area is 77.4 Å². The van der Waals surface area contributed by atoms with Gasteiger partial charge >= 0.3 is 6.98 Å². The Bertz CT molecular complexity index is 160. The number of hydrogen-bond donors (Lipinski definition) is 0. The molecule has 1 heterocycles. The zero-order valence-corrected chi connectivity index (χ0v) is 7.98. The van der Waals surface area contributed by atoms with Crippen molar-refractivity contribution in [3.05, 3.63) is 0 Å². The lowest BCUT2D eigenvalue weighted by molar-refractivity contribution is 0.180. The Kier molecular flexibility index (Phi) is 3.65. The van der Waals surface area contributed by atoms with Gasteiger partial charge in [-0.05, 0) is 38.3 Å². The Hall–Kier alpha value is -0.185. The second kappa shape index (κ2) is 4.35. The number of rotatable bonds is 3. The third kappa shape index (κ3) is 4.03. The van der Waals surface area contributed by atoms with E-state index in [0.717, 1.165) is 19.3 Å². The topological polar surface area (TPSA) is 3.24 Å². The van der Waals surface area contributed by atoms with Gasteiger partial charge in [0.15, 0.2) is 0 Å². The van der Waals surface area contributed by atoms with E-state index in [-0.39, 0.29) is 0 Å². The molecule has 0 bridgehead atoms. The lowest BCUT2D eigenvalue weighted by atomic mass is 9.87. The fourth-order valence-corrected chi connectivity index (χ4v) is 1.94. The molecule has 0 aromatic heterocycles. The molecule has 13 heavy (non-hydrogen) atoms. The van der Waals surface area contributed by atoms with E-state index in [9.17, 15) is 12.9 Å². The highest BCUT2D eigenvalue weighted by molar-refractivity contribution is 6.58. The first-order valence-corrected chi connectivity index (χ1v) is 4.94. The molecule has 5 heteroatoms. The van der Waals surface area contributed by atoms with E-state index in [1.54, 1.807) is 4.90 Å².